The number of benzene rings is 1. The van der Waals surface area contributed by atoms with Crippen LogP contribution in [-0.2, 0) is 4.74 Å². The van der Waals surface area contributed by atoms with Gasteiger partial charge in [-0.15, -0.1) is 5.10 Å². The maximum atomic E-state index is 12.1. The molecule has 6 rings (SSSR count). The van der Waals surface area contributed by atoms with Crippen LogP contribution in [0.5, 0.6) is 0 Å². The van der Waals surface area contributed by atoms with Crippen molar-refractivity contribution in [1.82, 2.24) is 29.4 Å². The number of halogens is 1. The van der Waals surface area contributed by atoms with Crippen LogP contribution in [0.4, 0.5) is 27.9 Å². The summed E-state index contributed by atoms with van der Waals surface area (Å²) in [4.78, 5) is 27.3. The number of ether oxygens (including phenoxy) is 1. The molecule has 2 N–H and O–H groups in total. The van der Waals surface area contributed by atoms with Gasteiger partial charge in [-0.2, -0.15) is 20.0 Å². The smallest absolute Gasteiger partial charge is 0.410 e. The number of nitrogens with zero attached hydrogens (tertiary/aromatic N) is 9. The van der Waals surface area contributed by atoms with Crippen molar-refractivity contribution in [2.75, 3.05) is 54.8 Å². The molecule has 0 bridgehead atoms. The standard InChI is InChI=1S/C27H30ClN11O2/c1-16(2)41-27(40)38-14-20(15-38)36-5-7-37(8-6-36)22-10-17(11-29)9-21(23(22)28)33-26-34-24(32-18-3-4-18)25-31-13-19(12-30)39(25)35-26/h9-10,13,16,18,20H,3-8,14-15H2,1-2H3,(H2,32,33,34,35). The first kappa shape index (κ1) is 26.9. The summed E-state index contributed by atoms with van der Waals surface area (Å²) in [6.07, 6.45) is 3.16. The topological polar surface area (TPSA) is 151 Å². The Kier molecular flexibility index (Phi) is 7.15. The van der Waals surface area contributed by atoms with Crippen LogP contribution >= 0.6 is 11.6 Å². The Labute approximate surface area is 242 Å². The van der Waals surface area contributed by atoms with Gasteiger partial charge in [-0.3, -0.25) is 4.90 Å². The highest BCUT2D eigenvalue weighted by Crippen LogP contribution is 2.37. The highest BCUT2D eigenvalue weighted by atomic mass is 35.5. The number of nitrogens with one attached hydrogen (secondary N) is 2. The molecule has 3 fully saturated rings. The molecule has 212 valence electrons. The van der Waals surface area contributed by atoms with Crippen LogP contribution in [0.15, 0.2) is 18.3 Å². The third-order valence-corrected chi connectivity index (χ3v) is 7.85. The number of fused-ring (bicyclic) bond motifs is 1. The van der Waals surface area contributed by atoms with Gasteiger partial charge in [0, 0.05) is 51.4 Å². The number of aromatic nitrogens is 4. The molecule has 3 aromatic rings. The van der Waals surface area contributed by atoms with E-state index in [0.29, 0.717) is 52.9 Å². The number of amides is 1. The fourth-order valence-corrected chi connectivity index (χ4v) is 5.36. The lowest BCUT2D eigenvalue weighted by Gasteiger charge is -2.48. The Hall–Kier alpha value is -4.33. The van der Waals surface area contributed by atoms with Gasteiger partial charge in [0.15, 0.2) is 17.2 Å². The van der Waals surface area contributed by atoms with Crippen molar-refractivity contribution < 1.29 is 9.53 Å². The molecule has 1 saturated carbocycles. The van der Waals surface area contributed by atoms with E-state index in [1.807, 2.05) is 13.8 Å². The second-order valence-corrected chi connectivity index (χ2v) is 11.2. The molecule has 2 saturated heterocycles. The predicted octanol–water partition coefficient (Wildman–Crippen LogP) is 3.19. The second kappa shape index (κ2) is 10.9. The Morgan fingerprint density at radius 2 is 1.90 bits per heavy atom. The first-order valence-electron chi connectivity index (χ1n) is 13.7. The first-order chi connectivity index (χ1) is 19.8. The van der Waals surface area contributed by atoms with Crippen molar-refractivity contribution in [1.29, 1.82) is 10.5 Å². The average molecular weight is 576 g/mol. The number of likely N-dealkylation sites (tertiary alicyclic amines) is 1. The van der Waals surface area contributed by atoms with E-state index in [4.69, 9.17) is 16.3 Å². The number of nitriles is 2. The van der Waals surface area contributed by atoms with Crippen molar-refractivity contribution in [2.24, 2.45) is 0 Å². The van der Waals surface area contributed by atoms with Crippen LogP contribution in [0.3, 0.4) is 0 Å². The summed E-state index contributed by atoms with van der Waals surface area (Å²) in [6, 6.07) is 8.42. The number of rotatable bonds is 7. The SMILES string of the molecule is CC(C)OC(=O)N1CC(N2CCN(c3cc(C#N)cc(Nc4nc(NC5CC5)c5ncc(C#N)n5n4)c3Cl)CC2)C1. The van der Waals surface area contributed by atoms with Crippen LogP contribution < -0.4 is 15.5 Å². The van der Waals surface area contributed by atoms with Gasteiger partial charge in [0.25, 0.3) is 0 Å². The minimum atomic E-state index is -0.259. The lowest BCUT2D eigenvalue weighted by atomic mass is 10.1. The zero-order valence-corrected chi connectivity index (χ0v) is 23.6. The van der Waals surface area contributed by atoms with Crippen LogP contribution in [0.1, 0.15) is 37.9 Å². The molecule has 0 unspecified atom stereocenters. The van der Waals surface area contributed by atoms with Crippen molar-refractivity contribution in [3.63, 3.8) is 0 Å². The minimum absolute atomic E-state index is 0.129. The molecule has 1 amide bonds. The quantitative estimate of drug-likeness (QED) is 0.427. The van der Waals surface area contributed by atoms with E-state index in [0.717, 1.165) is 44.7 Å². The van der Waals surface area contributed by atoms with E-state index in [-0.39, 0.29) is 23.8 Å². The summed E-state index contributed by atoms with van der Waals surface area (Å²) < 4.78 is 6.74. The molecule has 2 aromatic heterocycles. The Bertz CT molecular complexity index is 1560. The summed E-state index contributed by atoms with van der Waals surface area (Å²) >= 11 is 6.92. The van der Waals surface area contributed by atoms with Gasteiger partial charge in [0.05, 0.1) is 40.3 Å². The highest BCUT2D eigenvalue weighted by Gasteiger charge is 2.37. The number of anilines is 4. The van der Waals surface area contributed by atoms with E-state index in [2.05, 4.69) is 47.6 Å². The number of carbonyl (C=O) groups excluding carboxylic acids is 1. The van der Waals surface area contributed by atoms with Gasteiger partial charge in [0.1, 0.15) is 6.07 Å². The molecule has 41 heavy (non-hydrogen) atoms. The third kappa shape index (κ3) is 5.51. The molecule has 0 radical (unpaired) electrons. The number of hydrogen-bond acceptors (Lipinski definition) is 11. The molecule has 1 aromatic carbocycles. The van der Waals surface area contributed by atoms with Crippen molar-refractivity contribution in [3.8, 4) is 12.1 Å². The molecule has 4 heterocycles. The fourth-order valence-electron chi connectivity index (χ4n) is 5.08. The largest absolute Gasteiger partial charge is 0.447 e. The van der Waals surface area contributed by atoms with E-state index in [1.54, 1.807) is 17.0 Å². The fraction of sp³-hybridized carbons (Fsp3) is 0.481. The van der Waals surface area contributed by atoms with Crippen LogP contribution in [-0.4, -0.2) is 92.9 Å². The molecule has 3 aliphatic rings. The molecule has 0 spiro atoms. The molecule has 13 nitrogen and oxygen atoms in total. The molecular formula is C27H30ClN11O2. The maximum Gasteiger partial charge on any atom is 0.410 e. The van der Waals surface area contributed by atoms with E-state index >= 15 is 0 Å². The van der Waals surface area contributed by atoms with Gasteiger partial charge in [0.2, 0.25) is 5.95 Å². The third-order valence-electron chi connectivity index (χ3n) is 7.45. The zero-order valence-electron chi connectivity index (χ0n) is 22.8. The molecule has 2 aliphatic heterocycles. The van der Waals surface area contributed by atoms with Crippen LogP contribution in [0.2, 0.25) is 5.02 Å². The molecular weight excluding hydrogens is 546 g/mol. The van der Waals surface area contributed by atoms with E-state index in [1.165, 1.54) is 10.7 Å². The highest BCUT2D eigenvalue weighted by molar-refractivity contribution is 6.36. The lowest BCUT2D eigenvalue weighted by Crippen LogP contribution is -2.64. The second-order valence-electron chi connectivity index (χ2n) is 10.8. The summed E-state index contributed by atoms with van der Waals surface area (Å²) in [5.74, 6) is 0.760. The maximum absolute atomic E-state index is 12.1. The molecule has 1 aliphatic carbocycles. The Balaban J connectivity index is 1.18. The normalized spacial score (nSPS) is 17.7. The lowest BCUT2D eigenvalue weighted by molar-refractivity contribution is 0.00931. The van der Waals surface area contributed by atoms with Gasteiger partial charge >= 0.3 is 6.09 Å². The summed E-state index contributed by atoms with van der Waals surface area (Å²) in [7, 11) is 0. The average Bonchev–Trinajstić information content (AvgIpc) is 3.64. The van der Waals surface area contributed by atoms with Gasteiger partial charge in [-0.1, -0.05) is 11.6 Å². The van der Waals surface area contributed by atoms with Crippen LogP contribution in [0.25, 0.3) is 5.65 Å². The zero-order chi connectivity index (χ0) is 28.7. The van der Waals surface area contributed by atoms with Crippen molar-refractivity contribution in [2.45, 2.75) is 44.9 Å². The summed E-state index contributed by atoms with van der Waals surface area (Å²) in [5.41, 5.74) is 2.45. The minimum Gasteiger partial charge on any atom is -0.447 e. The molecule has 0 atom stereocenters. The first-order valence-corrected chi connectivity index (χ1v) is 14.1. The van der Waals surface area contributed by atoms with Crippen molar-refractivity contribution >= 4 is 46.5 Å². The van der Waals surface area contributed by atoms with E-state index < -0.39 is 0 Å². The van der Waals surface area contributed by atoms with Crippen molar-refractivity contribution in [3.05, 3.63) is 34.6 Å². The van der Waals surface area contributed by atoms with Gasteiger partial charge in [-0.25, -0.2) is 9.78 Å². The summed E-state index contributed by atoms with van der Waals surface area (Å²) in [5, 5.41) is 30.8. The van der Waals surface area contributed by atoms with Gasteiger partial charge < -0.3 is 25.2 Å². The van der Waals surface area contributed by atoms with Crippen LogP contribution in [0, 0.1) is 22.7 Å². The number of hydrogen-bond donors (Lipinski definition) is 2. The van der Waals surface area contributed by atoms with Gasteiger partial charge in [-0.05, 0) is 38.8 Å². The predicted molar refractivity (Wildman–Crippen MR) is 152 cm³/mol. The molecule has 14 heteroatoms. The van der Waals surface area contributed by atoms with E-state index in [9.17, 15) is 15.3 Å². The number of carbonyl (C=O) groups is 1. The summed E-state index contributed by atoms with van der Waals surface area (Å²) in [6.45, 7) is 8.08. The Morgan fingerprint density at radius 1 is 1.15 bits per heavy atom. The monoisotopic (exact) mass is 575 g/mol. The Morgan fingerprint density at radius 3 is 2.56 bits per heavy atom. The number of piperazine rings is 1. The number of imidazole rings is 1.